The fourth-order valence-corrected chi connectivity index (χ4v) is 3.44. The van der Waals surface area contributed by atoms with Gasteiger partial charge in [-0.3, -0.25) is 9.36 Å². The normalized spacial score (nSPS) is 22.4. The summed E-state index contributed by atoms with van der Waals surface area (Å²) in [6, 6.07) is 3.85. The van der Waals surface area contributed by atoms with Crippen LogP contribution in [0.5, 0.6) is 0 Å². The van der Waals surface area contributed by atoms with Crippen molar-refractivity contribution in [1.29, 1.82) is 0 Å². The Balaban J connectivity index is 0.00000196. The lowest BCUT2D eigenvalue weighted by atomic mass is 9.54. The predicted octanol–water partition coefficient (Wildman–Crippen LogP) is 2.57. The maximum absolute atomic E-state index is 12.7. The first-order valence-electron chi connectivity index (χ1n) is 8.93. The number of nitrogens with zero attached hydrogens (tertiary/aromatic N) is 3. The third-order valence-corrected chi connectivity index (χ3v) is 5.57. The average Bonchev–Trinajstić information content (AvgIpc) is 3.05. The van der Waals surface area contributed by atoms with Gasteiger partial charge in [-0.05, 0) is 25.5 Å². The Morgan fingerprint density at radius 2 is 2.07 bits per heavy atom. The van der Waals surface area contributed by atoms with Crippen LogP contribution in [0.25, 0.3) is 5.82 Å². The number of ether oxygens (including phenoxy) is 1. The topological polar surface area (TPSA) is 95.1 Å². The van der Waals surface area contributed by atoms with Crippen LogP contribution in [0.2, 0.25) is 0 Å². The number of carbonyl (C=O) groups is 1. The third-order valence-electron chi connectivity index (χ3n) is 5.57. The van der Waals surface area contributed by atoms with Gasteiger partial charge in [-0.1, -0.05) is 19.9 Å². The first-order chi connectivity index (χ1) is 12.3. The largest absolute Gasteiger partial charge is 0.378 e. The van der Waals surface area contributed by atoms with Crippen molar-refractivity contribution in [2.75, 3.05) is 6.61 Å². The minimum atomic E-state index is -0.909. The molecule has 2 aromatic rings. The van der Waals surface area contributed by atoms with Gasteiger partial charge in [-0.15, -0.1) is 24.8 Å². The molecule has 2 aromatic heterocycles. The van der Waals surface area contributed by atoms with E-state index >= 15 is 0 Å². The standard InChI is InChI=1S/C19H27N5O2.2ClH/c1-5-26-15-10-19(20,18(15,3)4)17(25)23-12-14-6-7-16(22-11-14)24-9-8-21-13(24)2;;/h6-9,11,15H,5,10,12,20H2,1-4H3,(H,23,25);2*1H. The van der Waals surface area contributed by atoms with Gasteiger partial charge in [0.1, 0.15) is 17.2 Å². The summed E-state index contributed by atoms with van der Waals surface area (Å²) in [4.78, 5) is 21.3. The number of amides is 1. The van der Waals surface area contributed by atoms with Gasteiger partial charge in [0.05, 0.1) is 6.10 Å². The molecule has 1 saturated carbocycles. The number of hydrogen-bond donors (Lipinski definition) is 2. The van der Waals surface area contributed by atoms with E-state index in [1.165, 1.54) is 0 Å². The van der Waals surface area contributed by atoms with Gasteiger partial charge in [0, 0.05) is 43.6 Å². The van der Waals surface area contributed by atoms with Crippen molar-refractivity contribution in [3.63, 3.8) is 0 Å². The zero-order valence-electron chi connectivity index (χ0n) is 16.6. The van der Waals surface area contributed by atoms with E-state index in [9.17, 15) is 4.79 Å². The zero-order chi connectivity index (χ0) is 18.9. The number of nitrogens with two attached hydrogens (primary N) is 1. The zero-order valence-corrected chi connectivity index (χ0v) is 18.3. The highest BCUT2D eigenvalue weighted by molar-refractivity contribution is 5.88. The second-order valence-electron chi connectivity index (χ2n) is 7.39. The van der Waals surface area contributed by atoms with E-state index in [0.29, 0.717) is 19.6 Å². The average molecular weight is 430 g/mol. The molecule has 3 N–H and O–H groups in total. The quantitative estimate of drug-likeness (QED) is 0.735. The van der Waals surface area contributed by atoms with Crippen molar-refractivity contribution < 1.29 is 9.53 Å². The summed E-state index contributed by atoms with van der Waals surface area (Å²) >= 11 is 0. The molecule has 0 aliphatic heterocycles. The lowest BCUT2D eigenvalue weighted by Gasteiger charge is -2.57. The summed E-state index contributed by atoms with van der Waals surface area (Å²) in [7, 11) is 0. The van der Waals surface area contributed by atoms with Gasteiger partial charge in [0.2, 0.25) is 5.91 Å². The van der Waals surface area contributed by atoms with E-state index < -0.39 is 11.0 Å². The van der Waals surface area contributed by atoms with Crippen molar-refractivity contribution >= 4 is 30.7 Å². The van der Waals surface area contributed by atoms with Crippen LogP contribution in [0.15, 0.2) is 30.7 Å². The lowest BCUT2D eigenvalue weighted by Crippen LogP contribution is -2.75. The molecule has 3 rings (SSSR count). The number of carbonyl (C=O) groups excluding carboxylic acids is 1. The predicted molar refractivity (Wildman–Crippen MR) is 113 cm³/mol. The smallest absolute Gasteiger partial charge is 0.241 e. The van der Waals surface area contributed by atoms with E-state index in [0.717, 1.165) is 17.2 Å². The first kappa shape index (κ1) is 24.4. The van der Waals surface area contributed by atoms with Crippen LogP contribution in [0.1, 0.15) is 38.6 Å². The molecule has 1 fully saturated rings. The van der Waals surface area contributed by atoms with Crippen molar-refractivity contribution in [2.24, 2.45) is 11.1 Å². The maximum atomic E-state index is 12.7. The Hall–Kier alpha value is -1.67. The van der Waals surface area contributed by atoms with E-state index in [4.69, 9.17) is 10.5 Å². The maximum Gasteiger partial charge on any atom is 0.241 e. The van der Waals surface area contributed by atoms with Gasteiger partial charge in [0.25, 0.3) is 0 Å². The molecule has 1 aliphatic rings. The third kappa shape index (κ3) is 4.17. The van der Waals surface area contributed by atoms with Crippen molar-refractivity contribution in [1.82, 2.24) is 19.9 Å². The van der Waals surface area contributed by atoms with Crippen molar-refractivity contribution in [2.45, 2.75) is 52.3 Å². The molecule has 2 heterocycles. The number of hydrogen-bond acceptors (Lipinski definition) is 5. The van der Waals surface area contributed by atoms with E-state index in [1.807, 2.05) is 50.6 Å². The second-order valence-corrected chi connectivity index (χ2v) is 7.39. The van der Waals surface area contributed by atoms with Crippen molar-refractivity contribution in [3.8, 4) is 5.82 Å². The molecule has 2 unspecified atom stereocenters. The van der Waals surface area contributed by atoms with Crippen LogP contribution in [0.3, 0.4) is 0 Å². The summed E-state index contributed by atoms with van der Waals surface area (Å²) in [5.74, 6) is 1.53. The Labute approximate surface area is 178 Å². The number of rotatable bonds is 6. The molecule has 0 bridgehead atoms. The number of nitrogens with one attached hydrogen (secondary N) is 1. The molecule has 156 valence electrons. The van der Waals surface area contributed by atoms with Crippen LogP contribution < -0.4 is 11.1 Å². The van der Waals surface area contributed by atoms with Crippen LogP contribution in [-0.2, 0) is 16.1 Å². The Morgan fingerprint density at radius 1 is 1.36 bits per heavy atom. The number of halogens is 2. The number of aryl methyl sites for hydroxylation is 1. The molecule has 0 spiro atoms. The van der Waals surface area contributed by atoms with Gasteiger partial charge in [-0.25, -0.2) is 9.97 Å². The van der Waals surface area contributed by atoms with E-state index in [1.54, 1.807) is 12.4 Å². The van der Waals surface area contributed by atoms with E-state index in [2.05, 4.69) is 15.3 Å². The number of pyridine rings is 1. The molecule has 0 radical (unpaired) electrons. The van der Waals surface area contributed by atoms with Crippen molar-refractivity contribution in [3.05, 3.63) is 42.1 Å². The summed E-state index contributed by atoms with van der Waals surface area (Å²) < 4.78 is 7.59. The highest BCUT2D eigenvalue weighted by Crippen LogP contribution is 2.49. The van der Waals surface area contributed by atoms with Gasteiger partial charge in [-0.2, -0.15) is 0 Å². The first-order valence-corrected chi connectivity index (χ1v) is 8.93. The highest BCUT2D eigenvalue weighted by Gasteiger charge is 2.62. The number of imidazole rings is 1. The molecule has 9 heteroatoms. The minimum Gasteiger partial charge on any atom is -0.378 e. The Bertz CT molecular complexity index is 794. The molecule has 7 nitrogen and oxygen atoms in total. The molecule has 2 atom stereocenters. The SMILES string of the molecule is CCOC1CC(N)(C(=O)NCc2ccc(-n3ccnc3C)nc2)C1(C)C.Cl.Cl. The highest BCUT2D eigenvalue weighted by atomic mass is 35.5. The summed E-state index contributed by atoms with van der Waals surface area (Å²) in [6.45, 7) is 8.87. The molecule has 1 aliphatic carbocycles. The minimum absolute atomic E-state index is 0. The molecular formula is C19H29Cl2N5O2. The van der Waals surface area contributed by atoms with Crippen LogP contribution in [0.4, 0.5) is 0 Å². The molecule has 0 saturated heterocycles. The van der Waals surface area contributed by atoms with Crippen LogP contribution in [0, 0.1) is 12.3 Å². The Kier molecular flexibility index (Phi) is 8.02. The van der Waals surface area contributed by atoms with Gasteiger partial charge in [0.15, 0.2) is 0 Å². The summed E-state index contributed by atoms with van der Waals surface area (Å²) in [5, 5.41) is 2.95. The lowest BCUT2D eigenvalue weighted by molar-refractivity contribution is -0.170. The Morgan fingerprint density at radius 3 is 2.57 bits per heavy atom. The molecule has 0 aromatic carbocycles. The summed E-state index contributed by atoms with van der Waals surface area (Å²) in [5.41, 5.74) is 6.01. The molecule has 1 amide bonds. The van der Waals surface area contributed by atoms with Crippen LogP contribution in [-0.4, -0.2) is 38.7 Å². The van der Waals surface area contributed by atoms with Crippen LogP contribution >= 0.6 is 24.8 Å². The monoisotopic (exact) mass is 429 g/mol. The fraction of sp³-hybridized carbons (Fsp3) is 0.526. The summed E-state index contributed by atoms with van der Waals surface area (Å²) in [6.07, 6.45) is 5.92. The second kappa shape index (κ2) is 9.22. The molecule has 28 heavy (non-hydrogen) atoms. The fourth-order valence-electron chi connectivity index (χ4n) is 3.44. The number of aromatic nitrogens is 3. The molecular weight excluding hydrogens is 401 g/mol. The van der Waals surface area contributed by atoms with Gasteiger partial charge < -0.3 is 15.8 Å². The van der Waals surface area contributed by atoms with E-state index in [-0.39, 0.29) is 36.8 Å². The van der Waals surface area contributed by atoms with Gasteiger partial charge >= 0.3 is 0 Å².